The van der Waals surface area contributed by atoms with E-state index in [0.29, 0.717) is 5.75 Å². The molecule has 1 unspecified atom stereocenters. The van der Waals surface area contributed by atoms with Crippen LogP contribution in [0.1, 0.15) is 26.2 Å². The van der Waals surface area contributed by atoms with Crippen LogP contribution < -0.4 is 5.73 Å². The number of carbonyl (C=O) groups is 1. The summed E-state index contributed by atoms with van der Waals surface area (Å²) < 4.78 is 4.51. The van der Waals surface area contributed by atoms with Gasteiger partial charge in [0.25, 0.3) is 0 Å². The van der Waals surface area contributed by atoms with Crippen LogP contribution in [0.15, 0.2) is 0 Å². The monoisotopic (exact) mass is 205 g/mol. The lowest BCUT2D eigenvalue weighted by atomic mass is 10.3. The third-order valence-corrected chi connectivity index (χ3v) is 2.87. The zero-order valence-electron chi connectivity index (χ0n) is 8.41. The van der Waals surface area contributed by atoms with Gasteiger partial charge in [0.2, 0.25) is 0 Å². The number of ether oxygens (including phenoxy) is 1. The first-order valence-electron chi connectivity index (χ1n) is 4.63. The van der Waals surface area contributed by atoms with Gasteiger partial charge in [-0.1, -0.05) is 19.8 Å². The Labute approximate surface area is 84.4 Å². The van der Waals surface area contributed by atoms with Crippen LogP contribution in [0, 0.1) is 0 Å². The van der Waals surface area contributed by atoms with Crippen LogP contribution in [0.4, 0.5) is 0 Å². The second-order valence-corrected chi connectivity index (χ2v) is 4.06. The molecule has 13 heavy (non-hydrogen) atoms. The van der Waals surface area contributed by atoms with Crippen molar-refractivity contribution in [3.05, 3.63) is 0 Å². The molecule has 0 aromatic rings. The highest BCUT2D eigenvalue weighted by molar-refractivity contribution is 7.99. The quantitative estimate of drug-likeness (QED) is 0.504. The van der Waals surface area contributed by atoms with Gasteiger partial charge in [0.05, 0.1) is 7.11 Å². The Balaban J connectivity index is 3.26. The molecule has 0 aliphatic rings. The van der Waals surface area contributed by atoms with Crippen molar-refractivity contribution < 1.29 is 9.53 Å². The summed E-state index contributed by atoms with van der Waals surface area (Å²) in [6, 6.07) is -0.461. The van der Waals surface area contributed by atoms with E-state index in [0.717, 1.165) is 5.75 Å². The number of thioether (sulfide) groups is 1. The molecule has 2 N–H and O–H groups in total. The molecule has 1 atom stereocenters. The molecule has 0 aromatic carbocycles. The third kappa shape index (κ3) is 6.90. The van der Waals surface area contributed by atoms with E-state index in [4.69, 9.17) is 5.73 Å². The fourth-order valence-corrected chi connectivity index (χ4v) is 1.85. The lowest BCUT2D eigenvalue weighted by Crippen LogP contribution is -2.33. The summed E-state index contributed by atoms with van der Waals surface area (Å²) in [7, 11) is 1.37. The van der Waals surface area contributed by atoms with Crippen molar-refractivity contribution in [2.45, 2.75) is 32.2 Å². The lowest BCUT2D eigenvalue weighted by molar-refractivity contribution is -0.141. The van der Waals surface area contributed by atoms with Gasteiger partial charge in [-0.05, 0) is 12.2 Å². The molecule has 78 valence electrons. The zero-order valence-corrected chi connectivity index (χ0v) is 9.23. The van der Waals surface area contributed by atoms with Crippen LogP contribution in [-0.4, -0.2) is 30.6 Å². The Morgan fingerprint density at radius 3 is 2.77 bits per heavy atom. The van der Waals surface area contributed by atoms with E-state index in [-0.39, 0.29) is 5.97 Å². The Morgan fingerprint density at radius 1 is 1.54 bits per heavy atom. The van der Waals surface area contributed by atoms with Crippen molar-refractivity contribution in [3.63, 3.8) is 0 Å². The highest BCUT2D eigenvalue weighted by Gasteiger charge is 2.12. The maximum atomic E-state index is 10.9. The number of esters is 1. The molecule has 0 aliphatic heterocycles. The average Bonchev–Trinajstić information content (AvgIpc) is 2.16. The minimum atomic E-state index is -0.461. The van der Waals surface area contributed by atoms with E-state index in [1.165, 1.54) is 26.4 Å². The van der Waals surface area contributed by atoms with Crippen molar-refractivity contribution in [2.75, 3.05) is 18.6 Å². The van der Waals surface area contributed by atoms with Crippen LogP contribution in [-0.2, 0) is 9.53 Å². The molecule has 0 spiro atoms. The second kappa shape index (κ2) is 8.38. The fourth-order valence-electron chi connectivity index (χ4n) is 0.884. The molecule has 0 aliphatic carbocycles. The van der Waals surface area contributed by atoms with E-state index < -0.39 is 6.04 Å². The molecule has 0 heterocycles. The summed E-state index contributed by atoms with van der Waals surface area (Å²) in [5, 5.41) is 0. The molecule has 0 saturated carbocycles. The number of unbranched alkanes of at least 4 members (excludes halogenated alkanes) is 2. The maximum Gasteiger partial charge on any atom is 0.323 e. The van der Waals surface area contributed by atoms with Crippen molar-refractivity contribution >= 4 is 17.7 Å². The molecule has 0 rings (SSSR count). The smallest absolute Gasteiger partial charge is 0.323 e. The molecule has 0 radical (unpaired) electrons. The van der Waals surface area contributed by atoms with Crippen LogP contribution in [0.25, 0.3) is 0 Å². The topological polar surface area (TPSA) is 52.3 Å². The second-order valence-electron chi connectivity index (χ2n) is 2.91. The summed E-state index contributed by atoms with van der Waals surface area (Å²) in [4.78, 5) is 10.9. The zero-order chi connectivity index (χ0) is 10.1. The fraction of sp³-hybridized carbons (Fsp3) is 0.889. The van der Waals surface area contributed by atoms with Gasteiger partial charge in [0.15, 0.2) is 0 Å². The van der Waals surface area contributed by atoms with Gasteiger partial charge < -0.3 is 10.5 Å². The average molecular weight is 205 g/mol. The van der Waals surface area contributed by atoms with Crippen molar-refractivity contribution in [2.24, 2.45) is 5.73 Å². The molecular formula is C9H19NO2S. The molecule has 0 saturated heterocycles. The minimum Gasteiger partial charge on any atom is -0.468 e. The first-order valence-corrected chi connectivity index (χ1v) is 5.79. The van der Waals surface area contributed by atoms with E-state index in [9.17, 15) is 4.79 Å². The lowest BCUT2D eigenvalue weighted by Gasteiger charge is -2.07. The molecular weight excluding hydrogens is 186 g/mol. The van der Waals surface area contributed by atoms with Gasteiger partial charge in [-0.3, -0.25) is 4.79 Å². The summed E-state index contributed by atoms with van der Waals surface area (Å²) in [5.74, 6) is 1.43. The Kier molecular flexibility index (Phi) is 8.24. The number of nitrogens with two attached hydrogens (primary N) is 1. The first kappa shape index (κ1) is 12.8. The number of methoxy groups -OCH3 is 1. The number of rotatable bonds is 7. The SMILES string of the molecule is CCCCCSCC(N)C(=O)OC. The van der Waals surface area contributed by atoms with Gasteiger partial charge in [0, 0.05) is 5.75 Å². The molecule has 4 heteroatoms. The summed E-state index contributed by atoms with van der Waals surface area (Å²) in [6.45, 7) is 2.17. The predicted octanol–water partition coefficient (Wildman–Crippen LogP) is 1.41. The third-order valence-electron chi connectivity index (χ3n) is 1.69. The summed E-state index contributed by atoms with van der Waals surface area (Å²) >= 11 is 1.72. The van der Waals surface area contributed by atoms with Crippen LogP contribution >= 0.6 is 11.8 Å². The molecule has 3 nitrogen and oxygen atoms in total. The van der Waals surface area contributed by atoms with Crippen LogP contribution in [0.3, 0.4) is 0 Å². The van der Waals surface area contributed by atoms with E-state index >= 15 is 0 Å². The van der Waals surface area contributed by atoms with Crippen molar-refractivity contribution in [3.8, 4) is 0 Å². The van der Waals surface area contributed by atoms with Gasteiger partial charge in [-0.15, -0.1) is 0 Å². The largest absolute Gasteiger partial charge is 0.468 e. The highest BCUT2D eigenvalue weighted by Crippen LogP contribution is 2.07. The highest BCUT2D eigenvalue weighted by atomic mass is 32.2. The molecule has 0 bridgehead atoms. The van der Waals surface area contributed by atoms with E-state index in [2.05, 4.69) is 11.7 Å². The normalized spacial score (nSPS) is 12.5. The van der Waals surface area contributed by atoms with Gasteiger partial charge in [-0.2, -0.15) is 11.8 Å². The van der Waals surface area contributed by atoms with E-state index in [1.54, 1.807) is 11.8 Å². The standard InChI is InChI=1S/C9H19NO2S/c1-3-4-5-6-13-7-8(10)9(11)12-2/h8H,3-7,10H2,1-2H3. The van der Waals surface area contributed by atoms with Crippen molar-refractivity contribution in [1.82, 2.24) is 0 Å². The minimum absolute atomic E-state index is 0.317. The predicted molar refractivity (Wildman–Crippen MR) is 56.8 cm³/mol. The first-order chi connectivity index (χ1) is 6.22. The Morgan fingerprint density at radius 2 is 2.23 bits per heavy atom. The number of hydrogen-bond acceptors (Lipinski definition) is 4. The number of carbonyl (C=O) groups excluding carboxylic acids is 1. The Hall–Kier alpha value is -0.220. The van der Waals surface area contributed by atoms with Gasteiger partial charge in [-0.25, -0.2) is 0 Å². The van der Waals surface area contributed by atoms with Gasteiger partial charge >= 0.3 is 5.97 Å². The molecule has 0 amide bonds. The molecule has 0 aromatic heterocycles. The Bertz CT molecular complexity index is 142. The maximum absolute atomic E-state index is 10.9. The van der Waals surface area contributed by atoms with Crippen LogP contribution in [0.2, 0.25) is 0 Å². The summed E-state index contributed by atoms with van der Waals surface area (Å²) in [6.07, 6.45) is 3.68. The van der Waals surface area contributed by atoms with Gasteiger partial charge in [0.1, 0.15) is 6.04 Å². The summed E-state index contributed by atoms with van der Waals surface area (Å²) in [5.41, 5.74) is 5.55. The van der Waals surface area contributed by atoms with Crippen LogP contribution in [0.5, 0.6) is 0 Å². The number of hydrogen-bond donors (Lipinski definition) is 1. The van der Waals surface area contributed by atoms with E-state index in [1.807, 2.05) is 0 Å². The van der Waals surface area contributed by atoms with Crippen molar-refractivity contribution in [1.29, 1.82) is 0 Å². The molecule has 0 fully saturated rings.